The molecule has 140 valence electrons. The van der Waals surface area contributed by atoms with Crippen molar-refractivity contribution in [3.63, 3.8) is 0 Å². The van der Waals surface area contributed by atoms with Crippen molar-refractivity contribution >= 4 is 11.7 Å². The average Bonchev–Trinajstić information content (AvgIpc) is 3.38. The highest BCUT2D eigenvalue weighted by Gasteiger charge is 2.12. The van der Waals surface area contributed by atoms with E-state index in [0.717, 1.165) is 11.1 Å². The van der Waals surface area contributed by atoms with Gasteiger partial charge in [0, 0.05) is 24.5 Å². The number of nitrogens with zero attached hydrogens (tertiary/aromatic N) is 4. The molecule has 0 saturated heterocycles. The first-order chi connectivity index (χ1) is 13.8. The fourth-order valence-corrected chi connectivity index (χ4v) is 2.80. The van der Waals surface area contributed by atoms with Crippen LogP contribution in [0.4, 0.5) is 5.82 Å². The lowest BCUT2D eigenvalue weighted by molar-refractivity contribution is -0.116. The molecule has 4 aromatic rings. The molecule has 2 aromatic heterocycles. The number of benzene rings is 2. The minimum absolute atomic E-state index is 0.130. The smallest absolute Gasteiger partial charge is 0.247 e. The Kier molecular flexibility index (Phi) is 5.24. The summed E-state index contributed by atoms with van der Waals surface area (Å²) in [7, 11) is 0. The average molecular weight is 373 g/mol. The van der Waals surface area contributed by atoms with Crippen LogP contribution in [0, 0.1) is 0 Å². The number of amides is 1. The zero-order valence-corrected chi connectivity index (χ0v) is 15.2. The zero-order chi connectivity index (χ0) is 19.2. The van der Waals surface area contributed by atoms with E-state index >= 15 is 0 Å². The SMILES string of the molecule is O=C(CCc1nnc(-c2ccccc2)o1)Nc1ccnn1Cc1ccccc1. The summed E-state index contributed by atoms with van der Waals surface area (Å²) in [6.07, 6.45) is 2.29. The van der Waals surface area contributed by atoms with Crippen LogP contribution < -0.4 is 5.32 Å². The Hall–Kier alpha value is -3.74. The van der Waals surface area contributed by atoms with Crippen LogP contribution in [0.25, 0.3) is 11.5 Å². The van der Waals surface area contributed by atoms with Gasteiger partial charge in [-0.1, -0.05) is 48.5 Å². The van der Waals surface area contributed by atoms with Crippen molar-refractivity contribution in [1.82, 2.24) is 20.0 Å². The Morgan fingerprint density at radius 3 is 2.50 bits per heavy atom. The monoisotopic (exact) mass is 373 g/mol. The van der Waals surface area contributed by atoms with E-state index in [1.165, 1.54) is 0 Å². The number of carbonyl (C=O) groups is 1. The van der Waals surface area contributed by atoms with Crippen LogP contribution >= 0.6 is 0 Å². The van der Waals surface area contributed by atoms with Gasteiger partial charge in [-0.15, -0.1) is 10.2 Å². The maximum absolute atomic E-state index is 12.3. The molecule has 0 fully saturated rings. The summed E-state index contributed by atoms with van der Waals surface area (Å²) in [5, 5.41) is 15.2. The van der Waals surface area contributed by atoms with E-state index in [1.54, 1.807) is 16.9 Å². The molecule has 0 radical (unpaired) electrons. The van der Waals surface area contributed by atoms with E-state index in [4.69, 9.17) is 4.42 Å². The van der Waals surface area contributed by atoms with Crippen LogP contribution in [-0.2, 0) is 17.8 Å². The number of hydrogen-bond acceptors (Lipinski definition) is 5. The first kappa shape index (κ1) is 17.7. The number of carbonyl (C=O) groups excluding carboxylic acids is 1. The largest absolute Gasteiger partial charge is 0.421 e. The number of aryl methyl sites for hydroxylation is 1. The molecule has 0 bridgehead atoms. The fraction of sp³-hybridized carbons (Fsp3) is 0.143. The Balaban J connectivity index is 1.33. The number of nitrogens with one attached hydrogen (secondary N) is 1. The molecule has 0 unspecified atom stereocenters. The fourth-order valence-electron chi connectivity index (χ4n) is 2.80. The molecule has 2 heterocycles. The first-order valence-electron chi connectivity index (χ1n) is 9.01. The topological polar surface area (TPSA) is 85.8 Å². The van der Waals surface area contributed by atoms with E-state index in [1.807, 2.05) is 60.7 Å². The summed E-state index contributed by atoms with van der Waals surface area (Å²) in [6, 6.07) is 21.3. The van der Waals surface area contributed by atoms with E-state index in [-0.39, 0.29) is 12.3 Å². The second kappa shape index (κ2) is 8.30. The summed E-state index contributed by atoms with van der Waals surface area (Å²) >= 11 is 0. The van der Waals surface area contributed by atoms with Gasteiger partial charge in [0.15, 0.2) is 0 Å². The first-order valence-corrected chi connectivity index (χ1v) is 9.01. The summed E-state index contributed by atoms with van der Waals surface area (Å²) in [5.74, 6) is 1.42. The van der Waals surface area contributed by atoms with Crippen LogP contribution in [-0.4, -0.2) is 25.9 Å². The van der Waals surface area contributed by atoms with Crippen molar-refractivity contribution in [3.8, 4) is 11.5 Å². The van der Waals surface area contributed by atoms with Gasteiger partial charge >= 0.3 is 0 Å². The number of aromatic nitrogens is 4. The highest BCUT2D eigenvalue weighted by atomic mass is 16.4. The normalized spacial score (nSPS) is 10.7. The third-order valence-corrected chi connectivity index (χ3v) is 4.21. The minimum Gasteiger partial charge on any atom is -0.421 e. The van der Waals surface area contributed by atoms with Crippen LogP contribution in [0.1, 0.15) is 17.9 Å². The highest BCUT2D eigenvalue weighted by Crippen LogP contribution is 2.17. The molecule has 28 heavy (non-hydrogen) atoms. The molecule has 4 rings (SSSR count). The molecular formula is C21H19N5O2. The van der Waals surface area contributed by atoms with Gasteiger partial charge in [-0.3, -0.25) is 4.79 Å². The molecule has 2 aromatic carbocycles. The molecular weight excluding hydrogens is 354 g/mol. The Bertz CT molecular complexity index is 1040. The van der Waals surface area contributed by atoms with Crippen LogP contribution in [0.3, 0.4) is 0 Å². The number of rotatable bonds is 7. The van der Waals surface area contributed by atoms with E-state index in [2.05, 4.69) is 20.6 Å². The van der Waals surface area contributed by atoms with E-state index in [0.29, 0.717) is 30.6 Å². The number of anilines is 1. The lowest BCUT2D eigenvalue weighted by atomic mass is 10.2. The third kappa shape index (κ3) is 4.32. The zero-order valence-electron chi connectivity index (χ0n) is 15.2. The molecule has 0 aliphatic heterocycles. The van der Waals surface area contributed by atoms with E-state index in [9.17, 15) is 4.79 Å². The van der Waals surface area contributed by atoms with Gasteiger partial charge in [0.1, 0.15) is 5.82 Å². The van der Waals surface area contributed by atoms with Crippen molar-refractivity contribution in [2.24, 2.45) is 0 Å². The quantitative estimate of drug-likeness (QED) is 0.535. The molecule has 7 nitrogen and oxygen atoms in total. The molecule has 1 N–H and O–H groups in total. The lowest BCUT2D eigenvalue weighted by Crippen LogP contribution is -2.16. The Morgan fingerprint density at radius 2 is 1.71 bits per heavy atom. The minimum atomic E-state index is -0.130. The molecule has 0 aliphatic carbocycles. The highest BCUT2D eigenvalue weighted by molar-refractivity contribution is 5.89. The van der Waals surface area contributed by atoms with Gasteiger partial charge in [0.05, 0.1) is 12.7 Å². The van der Waals surface area contributed by atoms with Gasteiger partial charge in [-0.2, -0.15) is 5.10 Å². The van der Waals surface area contributed by atoms with Gasteiger partial charge in [0.25, 0.3) is 0 Å². The maximum Gasteiger partial charge on any atom is 0.247 e. The predicted molar refractivity (Wildman–Crippen MR) is 104 cm³/mol. The van der Waals surface area contributed by atoms with Crippen molar-refractivity contribution in [3.05, 3.63) is 84.4 Å². The standard InChI is InChI=1S/C21H19N5O2/c27-19(11-12-20-24-25-21(28-20)17-9-5-2-6-10-17)23-18-13-14-22-26(18)15-16-7-3-1-4-8-16/h1-10,13-14H,11-12,15H2,(H,23,27). The maximum atomic E-state index is 12.3. The molecule has 0 aliphatic rings. The summed E-state index contributed by atoms with van der Waals surface area (Å²) in [5.41, 5.74) is 1.97. The van der Waals surface area contributed by atoms with Crippen LogP contribution in [0.2, 0.25) is 0 Å². The lowest BCUT2D eigenvalue weighted by Gasteiger charge is -2.08. The van der Waals surface area contributed by atoms with E-state index < -0.39 is 0 Å². The Morgan fingerprint density at radius 1 is 0.964 bits per heavy atom. The van der Waals surface area contributed by atoms with Crippen LogP contribution in [0.5, 0.6) is 0 Å². The molecule has 1 amide bonds. The molecule has 0 saturated carbocycles. The molecule has 7 heteroatoms. The summed E-state index contributed by atoms with van der Waals surface area (Å²) < 4.78 is 7.40. The van der Waals surface area contributed by atoms with Crippen LogP contribution in [0.15, 0.2) is 77.3 Å². The van der Waals surface area contributed by atoms with Crippen molar-refractivity contribution in [1.29, 1.82) is 0 Å². The summed E-state index contributed by atoms with van der Waals surface area (Å²) in [4.78, 5) is 12.3. The molecule has 0 spiro atoms. The summed E-state index contributed by atoms with van der Waals surface area (Å²) in [6.45, 7) is 0.591. The van der Waals surface area contributed by atoms with Crippen molar-refractivity contribution in [2.75, 3.05) is 5.32 Å². The van der Waals surface area contributed by atoms with Crippen molar-refractivity contribution < 1.29 is 9.21 Å². The third-order valence-electron chi connectivity index (χ3n) is 4.21. The predicted octanol–water partition coefficient (Wildman–Crippen LogP) is 3.55. The second-order valence-electron chi connectivity index (χ2n) is 6.27. The number of hydrogen-bond donors (Lipinski definition) is 1. The molecule has 0 atom stereocenters. The van der Waals surface area contributed by atoms with Gasteiger partial charge in [-0.05, 0) is 17.7 Å². The van der Waals surface area contributed by atoms with Crippen molar-refractivity contribution in [2.45, 2.75) is 19.4 Å². The Labute approximate surface area is 162 Å². The van der Waals surface area contributed by atoms with Gasteiger partial charge < -0.3 is 9.73 Å². The second-order valence-corrected chi connectivity index (χ2v) is 6.27. The van der Waals surface area contributed by atoms with Gasteiger partial charge in [-0.25, -0.2) is 4.68 Å². The van der Waals surface area contributed by atoms with Gasteiger partial charge in [0.2, 0.25) is 17.7 Å².